The summed E-state index contributed by atoms with van der Waals surface area (Å²) >= 11 is 5.97. The lowest BCUT2D eigenvalue weighted by atomic mass is 10.0. The van der Waals surface area contributed by atoms with Crippen molar-refractivity contribution >= 4 is 17.5 Å². The van der Waals surface area contributed by atoms with Crippen molar-refractivity contribution in [3.63, 3.8) is 0 Å². The van der Waals surface area contributed by atoms with Crippen LogP contribution in [-0.2, 0) is 11.3 Å². The lowest BCUT2D eigenvalue weighted by Gasteiger charge is -2.25. The van der Waals surface area contributed by atoms with E-state index in [-0.39, 0.29) is 11.8 Å². The van der Waals surface area contributed by atoms with Gasteiger partial charge in [-0.1, -0.05) is 37.1 Å². The van der Waals surface area contributed by atoms with Crippen molar-refractivity contribution in [2.24, 2.45) is 11.7 Å². The van der Waals surface area contributed by atoms with Crippen molar-refractivity contribution in [2.75, 3.05) is 13.1 Å². The molecule has 0 aliphatic heterocycles. The third kappa shape index (κ3) is 4.84. The van der Waals surface area contributed by atoms with Crippen molar-refractivity contribution in [1.82, 2.24) is 4.90 Å². The fraction of sp³-hybridized carbons (Fsp3) is 0.533. The Labute approximate surface area is 120 Å². The summed E-state index contributed by atoms with van der Waals surface area (Å²) in [5.74, 6) is 0.0796. The molecule has 3 nitrogen and oxygen atoms in total. The average molecular weight is 283 g/mol. The van der Waals surface area contributed by atoms with Crippen molar-refractivity contribution in [3.05, 3.63) is 34.9 Å². The quantitative estimate of drug-likeness (QED) is 0.835. The molecule has 106 valence electrons. The normalized spacial score (nSPS) is 12.2. The minimum Gasteiger partial charge on any atom is -0.338 e. The van der Waals surface area contributed by atoms with Crippen molar-refractivity contribution in [3.8, 4) is 0 Å². The molecule has 4 heteroatoms. The van der Waals surface area contributed by atoms with Gasteiger partial charge in [0.25, 0.3) is 0 Å². The van der Waals surface area contributed by atoms with E-state index in [0.29, 0.717) is 24.7 Å². The second kappa shape index (κ2) is 8.18. The first-order valence-electron chi connectivity index (χ1n) is 6.85. The predicted molar refractivity (Wildman–Crippen MR) is 80.0 cm³/mol. The molecule has 19 heavy (non-hydrogen) atoms. The summed E-state index contributed by atoms with van der Waals surface area (Å²) in [5.41, 5.74) is 6.75. The smallest absolute Gasteiger partial charge is 0.227 e. The van der Waals surface area contributed by atoms with Crippen LogP contribution < -0.4 is 5.73 Å². The van der Waals surface area contributed by atoms with E-state index in [9.17, 15) is 4.79 Å². The van der Waals surface area contributed by atoms with E-state index in [1.807, 2.05) is 36.1 Å². The van der Waals surface area contributed by atoms with E-state index in [2.05, 4.69) is 6.92 Å². The topological polar surface area (TPSA) is 46.3 Å². The van der Waals surface area contributed by atoms with E-state index < -0.39 is 0 Å². The molecule has 1 amide bonds. The van der Waals surface area contributed by atoms with Gasteiger partial charge in [-0.2, -0.15) is 0 Å². The third-order valence-electron chi connectivity index (χ3n) is 3.23. The molecule has 1 rings (SSSR count). The lowest BCUT2D eigenvalue weighted by Crippen LogP contribution is -2.38. The van der Waals surface area contributed by atoms with Gasteiger partial charge < -0.3 is 10.6 Å². The number of nitrogens with zero attached hydrogens (tertiary/aromatic N) is 1. The Kier molecular flexibility index (Phi) is 6.89. The second-order valence-corrected chi connectivity index (χ2v) is 5.14. The van der Waals surface area contributed by atoms with Crippen molar-refractivity contribution in [1.29, 1.82) is 0 Å². The average Bonchev–Trinajstić information content (AvgIpc) is 2.41. The standard InChI is InChI=1S/C15H23ClN2O/c1-3-6-13(10-17)15(19)18(4-2)11-12-7-5-8-14(16)9-12/h5,7-9,13H,3-4,6,10-11,17H2,1-2H3. The van der Waals surface area contributed by atoms with Gasteiger partial charge in [0.1, 0.15) is 0 Å². The molecule has 0 saturated heterocycles. The molecule has 1 atom stereocenters. The zero-order valence-corrected chi connectivity index (χ0v) is 12.5. The van der Waals surface area contributed by atoms with Crippen LogP contribution >= 0.6 is 11.6 Å². The SMILES string of the molecule is CCCC(CN)C(=O)N(CC)Cc1cccc(Cl)c1. The molecule has 1 aromatic rings. The van der Waals surface area contributed by atoms with Crippen LogP contribution in [0.4, 0.5) is 0 Å². The molecular weight excluding hydrogens is 260 g/mol. The number of benzene rings is 1. The highest BCUT2D eigenvalue weighted by molar-refractivity contribution is 6.30. The summed E-state index contributed by atoms with van der Waals surface area (Å²) in [5, 5.41) is 0.699. The third-order valence-corrected chi connectivity index (χ3v) is 3.46. The number of nitrogens with two attached hydrogens (primary N) is 1. The van der Waals surface area contributed by atoms with Gasteiger partial charge in [-0.25, -0.2) is 0 Å². The number of halogens is 1. The van der Waals surface area contributed by atoms with Crippen LogP contribution in [0, 0.1) is 5.92 Å². The fourth-order valence-corrected chi connectivity index (χ4v) is 2.36. The summed E-state index contributed by atoms with van der Waals surface area (Å²) in [7, 11) is 0. The molecular formula is C15H23ClN2O. The summed E-state index contributed by atoms with van der Waals surface area (Å²) in [4.78, 5) is 14.2. The molecule has 1 aromatic carbocycles. The number of carbonyl (C=O) groups is 1. The highest BCUT2D eigenvalue weighted by Gasteiger charge is 2.21. The first-order chi connectivity index (χ1) is 9.12. The van der Waals surface area contributed by atoms with Crippen LogP contribution in [0.2, 0.25) is 5.02 Å². The van der Waals surface area contributed by atoms with Crippen LogP contribution in [0.3, 0.4) is 0 Å². The van der Waals surface area contributed by atoms with E-state index in [1.165, 1.54) is 0 Å². The van der Waals surface area contributed by atoms with Crippen LogP contribution in [-0.4, -0.2) is 23.9 Å². The monoisotopic (exact) mass is 282 g/mol. The Morgan fingerprint density at radius 2 is 2.16 bits per heavy atom. The minimum atomic E-state index is -0.0656. The Morgan fingerprint density at radius 3 is 2.68 bits per heavy atom. The van der Waals surface area contributed by atoms with Gasteiger partial charge >= 0.3 is 0 Å². The van der Waals surface area contributed by atoms with Gasteiger partial charge in [0.05, 0.1) is 5.92 Å². The van der Waals surface area contributed by atoms with E-state index in [4.69, 9.17) is 17.3 Å². The first-order valence-corrected chi connectivity index (χ1v) is 7.23. The summed E-state index contributed by atoms with van der Waals surface area (Å²) in [6.45, 7) is 5.76. The number of rotatable bonds is 7. The number of carbonyl (C=O) groups excluding carboxylic acids is 1. The maximum Gasteiger partial charge on any atom is 0.227 e. The van der Waals surface area contributed by atoms with Crippen LogP contribution in [0.25, 0.3) is 0 Å². The van der Waals surface area contributed by atoms with E-state index in [0.717, 1.165) is 18.4 Å². The maximum absolute atomic E-state index is 12.4. The molecule has 0 radical (unpaired) electrons. The number of hydrogen-bond donors (Lipinski definition) is 1. The molecule has 0 aliphatic carbocycles. The Hall–Kier alpha value is -1.06. The van der Waals surface area contributed by atoms with Gasteiger partial charge in [0, 0.05) is 24.7 Å². The van der Waals surface area contributed by atoms with Crippen LogP contribution in [0.1, 0.15) is 32.3 Å². The summed E-state index contributed by atoms with van der Waals surface area (Å²) in [6, 6.07) is 7.62. The molecule has 0 aromatic heterocycles. The Morgan fingerprint density at radius 1 is 1.42 bits per heavy atom. The molecule has 2 N–H and O–H groups in total. The molecule has 0 bridgehead atoms. The van der Waals surface area contributed by atoms with Gasteiger partial charge in [-0.05, 0) is 31.0 Å². The van der Waals surface area contributed by atoms with Crippen LogP contribution in [0.15, 0.2) is 24.3 Å². The molecule has 0 fully saturated rings. The minimum absolute atomic E-state index is 0.0656. The van der Waals surface area contributed by atoms with Crippen LogP contribution in [0.5, 0.6) is 0 Å². The Balaban J connectivity index is 2.74. The second-order valence-electron chi connectivity index (χ2n) is 4.70. The largest absolute Gasteiger partial charge is 0.338 e. The zero-order valence-electron chi connectivity index (χ0n) is 11.7. The van der Waals surface area contributed by atoms with E-state index in [1.54, 1.807) is 0 Å². The maximum atomic E-state index is 12.4. The van der Waals surface area contributed by atoms with Gasteiger partial charge in [0.15, 0.2) is 0 Å². The van der Waals surface area contributed by atoms with E-state index >= 15 is 0 Å². The summed E-state index contributed by atoms with van der Waals surface area (Å²) in [6.07, 6.45) is 1.82. The van der Waals surface area contributed by atoms with Gasteiger partial charge in [0.2, 0.25) is 5.91 Å². The number of hydrogen-bond acceptors (Lipinski definition) is 2. The van der Waals surface area contributed by atoms with Gasteiger partial charge in [-0.3, -0.25) is 4.79 Å². The summed E-state index contributed by atoms with van der Waals surface area (Å²) < 4.78 is 0. The predicted octanol–water partition coefficient (Wildman–Crippen LogP) is 3.06. The molecule has 0 saturated carbocycles. The molecule has 0 aliphatic rings. The van der Waals surface area contributed by atoms with Crippen molar-refractivity contribution in [2.45, 2.75) is 33.2 Å². The highest BCUT2D eigenvalue weighted by atomic mass is 35.5. The first kappa shape index (κ1) is 16.0. The molecule has 0 heterocycles. The zero-order chi connectivity index (χ0) is 14.3. The number of amides is 1. The molecule has 0 spiro atoms. The fourth-order valence-electron chi connectivity index (χ4n) is 2.15. The lowest BCUT2D eigenvalue weighted by molar-refractivity contribution is -0.135. The molecule has 1 unspecified atom stereocenters. The van der Waals surface area contributed by atoms with Crippen molar-refractivity contribution < 1.29 is 4.79 Å². The Bertz CT molecular complexity index is 409. The highest BCUT2D eigenvalue weighted by Crippen LogP contribution is 2.15. The van der Waals surface area contributed by atoms with Gasteiger partial charge in [-0.15, -0.1) is 0 Å².